The molecule has 1 aliphatic rings. The lowest BCUT2D eigenvalue weighted by molar-refractivity contribution is -0.134. The van der Waals surface area contributed by atoms with Crippen LogP contribution in [0.1, 0.15) is 51.6 Å². The number of aryl methyl sites for hydroxylation is 1. The van der Waals surface area contributed by atoms with Gasteiger partial charge in [0, 0.05) is 0 Å². The van der Waals surface area contributed by atoms with Crippen LogP contribution in [0, 0.1) is 6.92 Å². The van der Waals surface area contributed by atoms with Crippen LogP contribution in [0.3, 0.4) is 0 Å². The number of amides is 2. The van der Waals surface area contributed by atoms with E-state index >= 15 is 0 Å². The van der Waals surface area contributed by atoms with E-state index in [1.54, 1.807) is 36.4 Å². The zero-order valence-electron chi connectivity index (χ0n) is 14.4. The molecule has 5 nitrogen and oxygen atoms in total. The summed E-state index contributed by atoms with van der Waals surface area (Å²) < 4.78 is 5.30. The molecule has 0 bridgehead atoms. The van der Waals surface area contributed by atoms with E-state index in [0.29, 0.717) is 22.8 Å². The number of benzene rings is 2. The summed E-state index contributed by atoms with van der Waals surface area (Å²) in [5.74, 6) is -0.800. The number of ether oxygens (including phenoxy) is 1. The quantitative estimate of drug-likeness (QED) is 0.488. The van der Waals surface area contributed by atoms with E-state index in [1.165, 1.54) is 5.56 Å². The van der Waals surface area contributed by atoms with Crippen molar-refractivity contribution >= 4 is 17.8 Å². The highest BCUT2D eigenvalue weighted by molar-refractivity contribution is 6.22. The molecular weight excluding hydrogens is 318 g/mol. The molecule has 0 atom stereocenters. The molecule has 0 saturated heterocycles. The zero-order valence-corrected chi connectivity index (χ0v) is 14.4. The van der Waals surface area contributed by atoms with Gasteiger partial charge in [0.1, 0.15) is 12.3 Å². The Labute approximate surface area is 146 Å². The van der Waals surface area contributed by atoms with E-state index in [-0.39, 0.29) is 0 Å². The van der Waals surface area contributed by atoms with Crippen molar-refractivity contribution in [2.45, 2.75) is 26.7 Å². The SMILES string of the molecule is Cc1cc(OC(=O)CN2C(=O)c3ccccc3C2=O)ccc1C(C)C. The molecule has 0 fully saturated rings. The Morgan fingerprint density at radius 1 is 1.04 bits per heavy atom. The predicted molar refractivity (Wildman–Crippen MR) is 92.7 cm³/mol. The minimum Gasteiger partial charge on any atom is -0.425 e. The second-order valence-electron chi connectivity index (χ2n) is 6.39. The molecule has 0 aromatic heterocycles. The first-order valence-electron chi connectivity index (χ1n) is 8.15. The van der Waals surface area contributed by atoms with E-state index in [0.717, 1.165) is 10.5 Å². The van der Waals surface area contributed by atoms with Crippen LogP contribution < -0.4 is 4.74 Å². The minimum atomic E-state index is -0.647. The third-order valence-electron chi connectivity index (χ3n) is 4.26. The van der Waals surface area contributed by atoms with Crippen molar-refractivity contribution in [3.05, 3.63) is 64.7 Å². The molecule has 1 aliphatic heterocycles. The fourth-order valence-corrected chi connectivity index (χ4v) is 3.04. The van der Waals surface area contributed by atoms with Crippen LogP contribution in [0.25, 0.3) is 0 Å². The van der Waals surface area contributed by atoms with E-state index in [9.17, 15) is 14.4 Å². The molecule has 128 valence electrons. The Morgan fingerprint density at radius 3 is 2.16 bits per heavy atom. The summed E-state index contributed by atoms with van der Waals surface area (Å²) in [5, 5.41) is 0. The van der Waals surface area contributed by atoms with Gasteiger partial charge in [0.15, 0.2) is 0 Å². The number of carbonyl (C=O) groups excluding carboxylic acids is 3. The fraction of sp³-hybridized carbons (Fsp3) is 0.250. The van der Waals surface area contributed by atoms with Crippen LogP contribution in [-0.4, -0.2) is 29.2 Å². The number of esters is 1. The van der Waals surface area contributed by atoms with Gasteiger partial charge in [0.25, 0.3) is 11.8 Å². The highest BCUT2D eigenvalue weighted by atomic mass is 16.5. The fourth-order valence-electron chi connectivity index (χ4n) is 3.04. The van der Waals surface area contributed by atoms with Crippen LogP contribution in [0.4, 0.5) is 0 Å². The summed E-state index contributed by atoms with van der Waals surface area (Å²) in [5.41, 5.74) is 2.84. The van der Waals surface area contributed by atoms with E-state index in [2.05, 4.69) is 13.8 Å². The summed E-state index contributed by atoms with van der Waals surface area (Å²) in [6, 6.07) is 12.0. The average molecular weight is 337 g/mol. The van der Waals surface area contributed by atoms with Gasteiger partial charge in [-0.2, -0.15) is 0 Å². The number of hydrogen-bond donors (Lipinski definition) is 0. The maximum absolute atomic E-state index is 12.3. The van der Waals surface area contributed by atoms with E-state index in [4.69, 9.17) is 4.74 Å². The van der Waals surface area contributed by atoms with Crippen LogP contribution >= 0.6 is 0 Å². The molecule has 0 radical (unpaired) electrons. The van der Waals surface area contributed by atoms with Gasteiger partial charge in [-0.15, -0.1) is 0 Å². The largest absolute Gasteiger partial charge is 0.425 e. The topological polar surface area (TPSA) is 63.7 Å². The Balaban J connectivity index is 1.71. The van der Waals surface area contributed by atoms with Crippen LogP contribution in [0.2, 0.25) is 0 Å². The van der Waals surface area contributed by atoms with Crippen molar-refractivity contribution in [1.82, 2.24) is 4.90 Å². The Kier molecular flexibility index (Phi) is 4.40. The number of rotatable bonds is 4. The first kappa shape index (κ1) is 16.9. The third-order valence-corrected chi connectivity index (χ3v) is 4.26. The molecule has 0 unspecified atom stereocenters. The molecule has 5 heteroatoms. The molecule has 1 heterocycles. The number of carbonyl (C=O) groups is 3. The molecule has 0 N–H and O–H groups in total. The summed E-state index contributed by atoms with van der Waals surface area (Å²) in [7, 11) is 0. The zero-order chi connectivity index (χ0) is 18.1. The van der Waals surface area contributed by atoms with Gasteiger partial charge in [-0.25, -0.2) is 4.79 Å². The van der Waals surface area contributed by atoms with Crippen LogP contribution in [0.15, 0.2) is 42.5 Å². The van der Waals surface area contributed by atoms with Crippen molar-refractivity contribution in [2.75, 3.05) is 6.54 Å². The van der Waals surface area contributed by atoms with Crippen LogP contribution in [0.5, 0.6) is 5.75 Å². The lowest BCUT2D eigenvalue weighted by atomic mass is 9.98. The lowest BCUT2D eigenvalue weighted by Crippen LogP contribution is -2.36. The molecular formula is C20H19NO4. The number of fused-ring (bicyclic) bond motifs is 1. The van der Waals surface area contributed by atoms with Crippen molar-refractivity contribution < 1.29 is 19.1 Å². The normalized spacial score (nSPS) is 13.4. The maximum atomic E-state index is 12.3. The number of hydrogen-bond acceptors (Lipinski definition) is 4. The summed E-state index contributed by atoms with van der Waals surface area (Å²) in [4.78, 5) is 37.6. The second-order valence-corrected chi connectivity index (χ2v) is 6.39. The van der Waals surface area contributed by atoms with Crippen molar-refractivity contribution in [3.8, 4) is 5.75 Å². The Bertz CT molecular complexity index is 835. The summed E-state index contributed by atoms with van der Waals surface area (Å²) >= 11 is 0. The van der Waals surface area contributed by atoms with Crippen molar-refractivity contribution in [2.24, 2.45) is 0 Å². The van der Waals surface area contributed by atoms with Gasteiger partial charge in [-0.1, -0.05) is 32.0 Å². The van der Waals surface area contributed by atoms with Crippen LogP contribution in [-0.2, 0) is 4.79 Å². The highest BCUT2D eigenvalue weighted by Crippen LogP contribution is 2.25. The number of nitrogens with zero attached hydrogens (tertiary/aromatic N) is 1. The lowest BCUT2D eigenvalue weighted by Gasteiger charge is -2.14. The van der Waals surface area contributed by atoms with Gasteiger partial charge in [0.05, 0.1) is 11.1 Å². The maximum Gasteiger partial charge on any atom is 0.331 e. The Morgan fingerprint density at radius 2 is 1.64 bits per heavy atom. The third kappa shape index (κ3) is 3.18. The minimum absolute atomic E-state index is 0.317. The first-order valence-corrected chi connectivity index (χ1v) is 8.15. The molecule has 2 amide bonds. The summed E-state index contributed by atoms with van der Waals surface area (Å²) in [6.07, 6.45) is 0. The van der Waals surface area contributed by atoms with Gasteiger partial charge >= 0.3 is 5.97 Å². The standard InChI is InChI=1S/C20H19NO4/c1-12(2)15-9-8-14(10-13(15)3)25-18(22)11-21-19(23)16-6-4-5-7-17(16)20(21)24/h4-10,12H,11H2,1-3H3. The van der Waals surface area contributed by atoms with Gasteiger partial charge < -0.3 is 4.74 Å². The van der Waals surface area contributed by atoms with Crippen molar-refractivity contribution in [3.63, 3.8) is 0 Å². The molecule has 0 aliphatic carbocycles. The monoisotopic (exact) mass is 337 g/mol. The highest BCUT2D eigenvalue weighted by Gasteiger charge is 2.36. The molecule has 0 spiro atoms. The molecule has 2 aromatic carbocycles. The molecule has 2 aromatic rings. The van der Waals surface area contributed by atoms with E-state index in [1.807, 2.05) is 13.0 Å². The molecule has 25 heavy (non-hydrogen) atoms. The first-order chi connectivity index (χ1) is 11.9. The molecule has 0 saturated carbocycles. The smallest absolute Gasteiger partial charge is 0.331 e. The summed E-state index contributed by atoms with van der Waals surface area (Å²) in [6.45, 7) is 5.74. The van der Waals surface area contributed by atoms with Crippen molar-refractivity contribution in [1.29, 1.82) is 0 Å². The Hall–Kier alpha value is -2.95. The van der Waals surface area contributed by atoms with Gasteiger partial charge in [0.2, 0.25) is 0 Å². The molecule has 3 rings (SSSR count). The van der Waals surface area contributed by atoms with E-state index < -0.39 is 24.3 Å². The van der Waals surface area contributed by atoms with Gasteiger partial charge in [-0.05, 0) is 48.2 Å². The second kappa shape index (κ2) is 6.51. The van der Waals surface area contributed by atoms with Gasteiger partial charge in [-0.3, -0.25) is 14.5 Å². The predicted octanol–water partition coefficient (Wildman–Crippen LogP) is 3.32. The average Bonchev–Trinajstić information content (AvgIpc) is 2.80. The number of imide groups is 1.